The van der Waals surface area contributed by atoms with Gasteiger partial charge in [0, 0.05) is 25.3 Å². The Hall–Kier alpha value is -0.830. The van der Waals surface area contributed by atoms with Crippen molar-refractivity contribution in [1.82, 2.24) is 9.55 Å². The molecule has 3 rings (SSSR count). The second-order valence-electron chi connectivity index (χ2n) is 5.12. The molecule has 3 heteroatoms. The Balaban J connectivity index is 1.85. The number of hydrogen-bond acceptors (Lipinski definition) is 2. The summed E-state index contributed by atoms with van der Waals surface area (Å²) in [6.45, 7) is 4.32. The molecule has 0 aromatic carbocycles. The SMILES string of the molecule is CC1CCCn2cc(C3CCCCO3)nc21. The molecule has 1 saturated heterocycles. The summed E-state index contributed by atoms with van der Waals surface area (Å²) in [5, 5.41) is 0. The quantitative estimate of drug-likeness (QED) is 0.727. The molecule has 1 aromatic heterocycles. The van der Waals surface area contributed by atoms with Gasteiger partial charge in [0.25, 0.3) is 0 Å². The van der Waals surface area contributed by atoms with Crippen molar-refractivity contribution in [3.63, 3.8) is 0 Å². The largest absolute Gasteiger partial charge is 0.372 e. The number of aromatic nitrogens is 2. The maximum atomic E-state index is 5.80. The molecule has 2 aliphatic rings. The molecule has 0 radical (unpaired) electrons. The zero-order valence-corrected chi connectivity index (χ0v) is 9.98. The normalized spacial score (nSPS) is 30.1. The third kappa shape index (κ3) is 1.77. The fourth-order valence-corrected chi connectivity index (χ4v) is 2.85. The van der Waals surface area contributed by atoms with E-state index in [4.69, 9.17) is 9.72 Å². The lowest BCUT2D eigenvalue weighted by molar-refractivity contribution is 0.0124. The van der Waals surface area contributed by atoms with Gasteiger partial charge in [-0.2, -0.15) is 0 Å². The Morgan fingerprint density at radius 3 is 3.00 bits per heavy atom. The smallest absolute Gasteiger partial charge is 0.111 e. The first-order valence-electron chi connectivity index (χ1n) is 6.53. The molecule has 88 valence electrons. The topological polar surface area (TPSA) is 27.1 Å². The summed E-state index contributed by atoms with van der Waals surface area (Å²) >= 11 is 0. The van der Waals surface area contributed by atoms with Gasteiger partial charge < -0.3 is 9.30 Å². The summed E-state index contributed by atoms with van der Waals surface area (Å²) in [6.07, 6.45) is 8.69. The summed E-state index contributed by atoms with van der Waals surface area (Å²) in [4.78, 5) is 4.79. The Morgan fingerprint density at radius 1 is 1.31 bits per heavy atom. The molecule has 16 heavy (non-hydrogen) atoms. The molecular weight excluding hydrogens is 200 g/mol. The minimum Gasteiger partial charge on any atom is -0.372 e. The molecule has 2 aliphatic heterocycles. The van der Waals surface area contributed by atoms with Gasteiger partial charge in [0.15, 0.2) is 0 Å². The van der Waals surface area contributed by atoms with Crippen LogP contribution in [-0.2, 0) is 11.3 Å². The van der Waals surface area contributed by atoms with Gasteiger partial charge in [-0.25, -0.2) is 4.98 Å². The van der Waals surface area contributed by atoms with Crippen LogP contribution in [0.4, 0.5) is 0 Å². The van der Waals surface area contributed by atoms with Gasteiger partial charge in [0.1, 0.15) is 11.9 Å². The molecule has 0 N–H and O–H groups in total. The van der Waals surface area contributed by atoms with E-state index >= 15 is 0 Å². The summed E-state index contributed by atoms with van der Waals surface area (Å²) in [6, 6.07) is 0. The summed E-state index contributed by atoms with van der Waals surface area (Å²) in [7, 11) is 0. The second-order valence-corrected chi connectivity index (χ2v) is 5.12. The molecule has 0 saturated carbocycles. The predicted molar refractivity (Wildman–Crippen MR) is 62.4 cm³/mol. The van der Waals surface area contributed by atoms with Crippen LogP contribution in [0.3, 0.4) is 0 Å². The Labute approximate surface area is 96.8 Å². The first-order valence-corrected chi connectivity index (χ1v) is 6.53. The van der Waals surface area contributed by atoms with Crippen LogP contribution in [0.25, 0.3) is 0 Å². The molecular formula is C13H20N2O. The van der Waals surface area contributed by atoms with Crippen LogP contribution >= 0.6 is 0 Å². The number of ether oxygens (including phenoxy) is 1. The molecule has 3 heterocycles. The molecule has 3 nitrogen and oxygen atoms in total. The number of rotatable bonds is 1. The number of hydrogen-bond donors (Lipinski definition) is 0. The van der Waals surface area contributed by atoms with E-state index in [1.807, 2.05) is 0 Å². The highest BCUT2D eigenvalue weighted by molar-refractivity contribution is 5.12. The number of nitrogens with zero attached hydrogens (tertiary/aromatic N) is 2. The van der Waals surface area contributed by atoms with E-state index in [9.17, 15) is 0 Å². The minimum atomic E-state index is 0.263. The van der Waals surface area contributed by atoms with Crippen molar-refractivity contribution in [2.75, 3.05) is 6.61 Å². The van der Waals surface area contributed by atoms with Crippen molar-refractivity contribution in [3.05, 3.63) is 17.7 Å². The Bertz CT molecular complexity index is 366. The Kier molecular flexibility index (Phi) is 2.72. The van der Waals surface area contributed by atoms with E-state index in [1.54, 1.807) is 0 Å². The van der Waals surface area contributed by atoms with Gasteiger partial charge in [-0.1, -0.05) is 6.92 Å². The van der Waals surface area contributed by atoms with E-state index in [2.05, 4.69) is 17.7 Å². The fourth-order valence-electron chi connectivity index (χ4n) is 2.85. The molecule has 2 unspecified atom stereocenters. The number of fused-ring (bicyclic) bond motifs is 1. The first kappa shape index (κ1) is 10.3. The third-order valence-electron chi connectivity index (χ3n) is 3.81. The van der Waals surface area contributed by atoms with Crippen LogP contribution in [0.1, 0.15) is 62.6 Å². The molecule has 0 aliphatic carbocycles. The van der Waals surface area contributed by atoms with Crippen LogP contribution in [0.15, 0.2) is 6.20 Å². The van der Waals surface area contributed by atoms with Gasteiger partial charge in [-0.15, -0.1) is 0 Å². The third-order valence-corrected chi connectivity index (χ3v) is 3.81. The van der Waals surface area contributed by atoms with Crippen LogP contribution in [0.2, 0.25) is 0 Å². The summed E-state index contributed by atoms with van der Waals surface area (Å²) in [5.74, 6) is 1.89. The van der Waals surface area contributed by atoms with Crippen LogP contribution in [0, 0.1) is 0 Å². The summed E-state index contributed by atoms with van der Waals surface area (Å²) < 4.78 is 8.14. The fraction of sp³-hybridized carbons (Fsp3) is 0.769. The Morgan fingerprint density at radius 2 is 2.25 bits per heavy atom. The number of aryl methyl sites for hydroxylation is 1. The van der Waals surface area contributed by atoms with Gasteiger partial charge in [0.05, 0.1) is 5.69 Å². The van der Waals surface area contributed by atoms with E-state index in [-0.39, 0.29) is 6.10 Å². The lowest BCUT2D eigenvalue weighted by Gasteiger charge is -2.20. The average molecular weight is 220 g/mol. The van der Waals surface area contributed by atoms with E-state index in [1.165, 1.54) is 37.2 Å². The van der Waals surface area contributed by atoms with Crippen molar-refractivity contribution < 1.29 is 4.74 Å². The van der Waals surface area contributed by atoms with Gasteiger partial charge in [0.2, 0.25) is 0 Å². The molecule has 0 spiro atoms. The second kappa shape index (κ2) is 4.21. The van der Waals surface area contributed by atoms with Crippen LogP contribution in [0.5, 0.6) is 0 Å². The van der Waals surface area contributed by atoms with Gasteiger partial charge >= 0.3 is 0 Å². The highest BCUT2D eigenvalue weighted by atomic mass is 16.5. The molecule has 1 fully saturated rings. The van der Waals surface area contributed by atoms with Crippen molar-refractivity contribution in [3.8, 4) is 0 Å². The zero-order valence-electron chi connectivity index (χ0n) is 9.98. The molecule has 0 bridgehead atoms. The van der Waals surface area contributed by atoms with Crippen molar-refractivity contribution >= 4 is 0 Å². The van der Waals surface area contributed by atoms with E-state index in [0.717, 1.165) is 19.6 Å². The predicted octanol–water partition coefficient (Wildman–Crippen LogP) is 3.02. The van der Waals surface area contributed by atoms with Crippen molar-refractivity contribution in [2.24, 2.45) is 0 Å². The van der Waals surface area contributed by atoms with Crippen molar-refractivity contribution in [2.45, 2.75) is 57.6 Å². The average Bonchev–Trinajstić information content (AvgIpc) is 2.76. The first-order chi connectivity index (χ1) is 7.84. The zero-order chi connectivity index (χ0) is 11.0. The monoisotopic (exact) mass is 220 g/mol. The van der Waals surface area contributed by atoms with Crippen LogP contribution in [-0.4, -0.2) is 16.2 Å². The van der Waals surface area contributed by atoms with Crippen molar-refractivity contribution in [1.29, 1.82) is 0 Å². The summed E-state index contributed by atoms with van der Waals surface area (Å²) in [5.41, 5.74) is 1.17. The highest BCUT2D eigenvalue weighted by Gasteiger charge is 2.24. The standard InChI is InChI=1S/C13H20N2O/c1-10-5-4-7-15-9-11(14-13(10)15)12-6-2-3-8-16-12/h9-10,12H,2-8H2,1H3. The van der Waals surface area contributed by atoms with Gasteiger partial charge in [-0.3, -0.25) is 0 Å². The lowest BCUT2D eigenvalue weighted by atomic mass is 10.0. The lowest BCUT2D eigenvalue weighted by Crippen LogP contribution is -2.13. The minimum absolute atomic E-state index is 0.263. The molecule has 1 aromatic rings. The highest BCUT2D eigenvalue weighted by Crippen LogP contribution is 2.31. The van der Waals surface area contributed by atoms with Crippen LogP contribution < -0.4 is 0 Å². The van der Waals surface area contributed by atoms with E-state index < -0.39 is 0 Å². The maximum Gasteiger partial charge on any atom is 0.111 e. The molecule has 0 amide bonds. The molecule has 2 atom stereocenters. The van der Waals surface area contributed by atoms with E-state index in [0.29, 0.717) is 5.92 Å². The maximum absolute atomic E-state index is 5.80. The van der Waals surface area contributed by atoms with Gasteiger partial charge in [-0.05, 0) is 32.1 Å². The number of imidazole rings is 1.